The Balaban J connectivity index is 1.83. The second kappa shape index (κ2) is 9.73. The number of allylic oxidation sites excluding steroid dienone is 2. The maximum Gasteiger partial charge on any atom is 0.270 e. The zero-order chi connectivity index (χ0) is 21.3. The third-order valence-corrected chi connectivity index (χ3v) is 4.02. The maximum atomic E-state index is 10.9. The van der Waals surface area contributed by atoms with Crippen LogP contribution < -0.4 is 10.7 Å². The molecule has 0 unspecified atom stereocenters. The molecule has 0 spiro atoms. The molecule has 1 heterocycles. The molecule has 0 radical (unpaired) electrons. The maximum absolute atomic E-state index is 10.9. The fourth-order valence-electron chi connectivity index (χ4n) is 2.57. The van der Waals surface area contributed by atoms with E-state index in [1.54, 1.807) is 48.6 Å². The van der Waals surface area contributed by atoms with E-state index in [0.29, 0.717) is 29.3 Å². The molecule has 0 atom stereocenters. The highest BCUT2D eigenvalue weighted by Gasteiger charge is 2.06. The Hall–Kier alpha value is -4.34. The van der Waals surface area contributed by atoms with Gasteiger partial charge in [0.2, 0.25) is 5.96 Å². The third kappa shape index (κ3) is 5.83. The summed E-state index contributed by atoms with van der Waals surface area (Å²) in [7, 11) is 0. The lowest BCUT2D eigenvalue weighted by molar-refractivity contribution is -0.385. The van der Waals surface area contributed by atoms with Gasteiger partial charge in [-0.05, 0) is 23.3 Å². The minimum atomic E-state index is -0.458. The summed E-state index contributed by atoms with van der Waals surface area (Å²) >= 11 is 0. The first kappa shape index (κ1) is 20.4. The van der Waals surface area contributed by atoms with Crippen LogP contribution in [-0.4, -0.2) is 34.6 Å². The van der Waals surface area contributed by atoms with Gasteiger partial charge in [0.1, 0.15) is 0 Å². The average Bonchev–Trinajstić information content (AvgIpc) is 3.27. The number of nitrogens with zero attached hydrogens (tertiary/aromatic N) is 4. The summed E-state index contributed by atoms with van der Waals surface area (Å²) < 4.78 is 0. The van der Waals surface area contributed by atoms with Crippen LogP contribution >= 0.6 is 0 Å². The van der Waals surface area contributed by atoms with Crippen LogP contribution in [0.3, 0.4) is 0 Å². The Morgan fingerprint density at radius 3 is 2.03 bits per heavy atom. The fraction of sp³-hybridized carbons (Fsp3) is 0.100. The van der Waals surface area contributed by atoms with E-state index in [1.807, 2.05) is 0 Å². The topological polar surface area (TPSA) is 135 Å². The van der Waals surface area contributed by atoms with E-state index in [9.17, 15) is 20.2 Å². The number of hydrazone groups is 1. The van der Waals surface area contributed by atoms with Crippen LogP contribution in [0.25, 0.3) is 12.2 Å². The van der Waals surface area contributed by atoms with Crippen molar-refractivity contribution in [2.45, 2.75) is 0 Å². The number of hydrogen-bond acceptors (Lipinski definition) is 8. The average molecular weight is 406 g/mol. The summed E-state index contributed by atoms with van der Waals surface area (Å²) in [5, 5.41) is 29.2. The van der Waals surface area contributed by atoms with Crippen molar-refractivity contribution in [2.75, 3.05) is 13.1 Å². The normalized spacial score (nSPS) is 13.1. The molecule has 0 saturated heterocycles. The van der Waals surface area contributed by atoms with Crippen molar-refractivity contribution in [2.24, 2.45) is 10.1 Å². The van der Waals surface area contributed by atoms with Crippen LogP contribution in [0.4, 0.5) is 11.4 Å². The molecule has 10 heteroatoms. The number of benzene rings is 2. The van der Waals surface area contributed by atoms with Gasteiger partial charge in [-0.2, -0.15) is 5.10 Å². The van der Waals surface area contributed by atoms with Crippen LogP contribution in [0.2, 0.25) is 0 Å². The number of nitro benzene ring substituents is 2. The van der Waals surface area contributed by atoms with Crippen LogP contribution in [0.1, 0.15) is 11.1 Å². The van der Waals surface area contributed by atoms with E-state index < -0.39 is 9.85 Å². The molecule has 10 nitrogen and oxygen atoms in total. The molecular formula is C20H18N6O4. The molecule has 0 amide bonds. The Kier molecular flexibility index (Phi) is 6.62. The summed E-state index contributed by atoms with van der Waals surface area (Å²) in [6.07, 6.45) is 6.73. The molecule has 0 bridgehead atoms. The van der Waals surface area contributed by atoms with Gasteiger partial charge in [-0.3, -0.25) is 20.2 Å². The second-order valence-corrected chi connectivity index (χ2v) is 6.18. The van der Waals surface area contributed by atoms with Gasteiger partial charge in [0.25, 0.3) is 11.4 Å². The van der Waals surface area contributed by atoms with Crippen molar-refractivity contribution in [1.82, 2.24) is 10.7 Å². The number of aliphatic imine (C=N–C) groups is 1. The van der Waals surface area contributed by atoms with E-state index in [1.165, 1.54) is 24.3 Å². The first-order valence-electron chi connectivity index (χ1n) is 8.98. The van der Waals surface area contributed by atoms with Gasteiger partial charge in [-0.15, -0.1) is 0 Å². The number of nitro groups is 2. The summed E-state index contributed by atoms with van der Waals surface area (Å²) in [5.74, 6) is 0.542. The summed E-state index contributed by atoms with van der Waals surface area (Å²) in [6, 6.07) is 12.4. The Morgan fingerprint density at radius 2 is 1.57 bits per heavy atom. The molecule has 0 aromatic heterocycles. The Bertz CT molecular complexity index is 1000. The van der Waals surface area contributed by atoms with Gasteiger partial charge in [-0.25, -0.2) is 10.4 Å². The van der Waals surface area contributed by atoms with Crippen LogP contribution in [0.5, 0.6) is 0 Å². The minimum absolute atomic E-state index is 0.00888. The van der Waals surface area contributed by atoms with Gasteiger partial charge in [0.05, 0.1) is 22.1 Å². The number of hydrogen-bond donors (Lipinski definition) is 2. The quantitative estimate of drug-likeness (QED) is 0.412. The highest BCUT2D eigenvalue weighted by atomic mass is 16.6. The van der Waals surface area contributed by atoms with Crippen molar-refractivity contribution in [3.63, 3.8) is 0 Å². The Morgan fingerprint density at radius 1 is 1.00 bits per heavy atom. The van der Waals surface area contributed by atoms with Gasteiger partial charge in [-0.1, -0.05) is 36.4 Å². The van der Waals surface area contributed by atoms with Gasteiger partial charge < -0.3 is 5.32 Å². The number of rotatable bonds is 7. The lowest BCUT2D eigenvalue weighted by Crippen LogP contribution is -2.30. The predicted molar refractivity (Wildman–Crippen MR) is 115 cm³/mol. The van der Waals surface area contributed by atoms with Gasteiger partial charge in [0.15, 0.2) is 0 Å². The highest BCUT2D eigenvalue weighted by Crippen LogP contribution is 2.16. The van der Waals surface area contributed by atoms with Crippen LogP contribution in [-0.2, 0) is 0 Å². The third-order valence-electron chi connectivity index (χ3n) is 4.02. The largest absolute Gasteiger partial charge is 0.353 e. The first-order valence-corrected chi connectivity index (χ1v) is 8.98. The zero-order valence-corrected chi connectivity index (χ0v) is 15.8. The van der Waals surface area contributed by atoms with Gasteiger partial charge >= 0.3 is 0 Å². The number of guanidine groups is 1. The highest BCUT2D eigenvalue weighted by molar-refractivity contribution is 6.09. The summed E-state index contributed by atoms with van der Waals surface area (Å²) in [6.45, 7) is 1.38. The SMILES string of the molecule is O=[N+]([O-])c1cccc(C=CC(C=Cc2cccc([N+](=O)[O-])c2)=NNC2=NCCN2)c1. The molecule has 0 fully saturated rings. The lowest BCUT2D eigenvalue weighted by atomic mass is 10.1. The second-order valence-electron chi connectivity index (χ2n) is 6.18. The van der Waals surface area contributed by atoms with Crippen molar-refractivity contribution in [1.29, 1.82) is 0 Å². The van der Waals surface area contributed by atoms with E-state index in [4.69, 9.17) is 0 Å². The molecule has 2 aromatic rings. The van der Waals surface area contributed by atoms with E-state index >= 15 is 0 Å². The number of non-ortho nitro benzene ring substituents is 2. The van der Waals surface area contributed by atoms with Crippen molar-refractivity contribution >= 4 is 35.2 Å². The smallest absolute Gasteiger partial charge is 0.270 e. The molecule has 30 heavy (non-hydrogen) atoms. The molecule has 152 valence electrons. The monoisotopic (exact) mass is 406 g/mol. The Labute approximate surface area is 171 Å². The standard InChI is InChI=1S/C20H18N6O4/c27-25(28)18-5-1-3-15(13-18)7-9-17(23-24-20-21-11-12-22-20)10-8-16-4-2-6-19(14-16)26(29)30/h1-10,13-14H,11-12H2,(H2,21,22,24). The fourth-order valence-corrected chi connectivity index (χ4v) is 2.57. The molecule has 2 N–H and O–H groups in total. The lowest BCUT2D eigenvalue weighted by Gasteiger charge is -2.02. The predicted octanol–water partition coefficient (Wildman–Crippen LogP) is 3.13. The van der Waals surface area contributed by atoms with Crippen molar-refractivity contribution in [3.05, 3.63) is 92.0 Å². The summed E-state index contributed by atoms with van der Waals surface area (Å²) in [5.41, 5.74) is 4.57. The summed E-state index contributed by atoms with van der Waals surface area (Å²) in [4.78, 5) is 25.2. The molecular weight excluding hydrogens is 388 g/mol. The van der Waals surface area contributed by atoms with Crippen LogP contribution in [0.15, 0.2) is 70.8 Å². The van der Waals surface area contributed by atoms with Gasteiger partial charge in [0, 0.05) is 30.8 Å². The molecule has 2 aromatic carbocycles. The first-order chi connectivity index (χ1) is 14.5. The molecule has 3 rings (SSSR count). The molecule has 1 aliphatic rings. The molecule has 0 aliphatic carbocycles. The van der Waals surface area contributed by atoms with Crippen molar-refractivity contribution < 1.29 is 9.85 Å². The van der Waals surface area contributed by atoms with E-state index in [2.05, 4.69) is 20.8 Å². The van der Waals surface area contributed by atoms with Crippen molar-refractivity contribution in [3.8, 4) is 0 Å². The van der Waals surface area contributed by atoms with E-state index in [-0.39, 0.29) is 11.4 Å². The molecule has 1 aliphatic heterocycles. The van der Waals surface area contributed by atoms with Crippen LogP contribution in [0, 0.1) is 20.2 Å². The zero-order valence-electron chi connectivity index (χ0n) is 15.8. The molecule has 0 saturated carbocycles. The minimum Gasteiger partial charge on any atom is -0.353 e. The van der Waals surface area contributed by atoms with E-state index in [0.717, 1.165) is 6.54 Å². The number of nitrogens with one attached hydrogen (secondary N) is 2.